The number of rotatable bonds is 12. The number of aromatic nitrogens is 2. The average molecular weight is 699 g/mol. The molecule has 0 atom stereocenters. The van der Waals surface area contributed by atoms with Crippen LogP contribution in [0.25, 0.3) is 11.1 Å². The molecule has 1 heterocycles. The van der Waals surface area contributed by atoms with Crippen molar-refractivity contribution < 1.29 is 46.9 Å². The summed E-state index contributed by atoms with van der Waals surface area (Å²) < 4.78 is 50.9. The molecule has 2 amide bonds. The Balaban J connectivity index is 1.19. The number of carbonyl (C=O) groups is 4. The van der Waals surface area contributed by atoms with Gasteiger partial charge < -0.3 is 24.8 Å². The number of amides is 2. The van der Waals surface area contributed by atoms with Crippen molar-refractivity contribution in [3.05, 3.63) is 138 Å². The van der Waals surface area contributed by atoms with E-state index in [2.05, 4.69) is 15.3 Å². The van der Waals surface area contributed by atoms with Crippen LogP contribution in [-0.4, -0.2) is 57.4 Å². The van der Waals surface area contributed by atoms with Gasteiger partial charge in [-0.05, 0) is 77.4 Å². The quantitative estimate of drug-likeness (QED) is 0.113. The molecule has 4 aromatic carbocycles. The van der Waals surface area contributed by atoms with Crippen molar-refractivity contribution in [3.63, 3.8) is 0 Å². The Labute approximate surface area is 289 Å². The molecule has 0 unspecified atom stereocenters. The Morgan fingerprint density at radius 1 is 0.804 bits per heavy atom. The summed E-state index contributed by atoms with van der Waals surface area (Å²) in [5.74, 6) is -2.94. The SMILES string of the molecule is COc1ccc(CC(=O)Nc2ccc(C(=O)N(CC(=O)O)Cc3ccc(OC(=O)c4ccc(-c5cncnc5)cc4)cc3)cc2)c(C(F)(F)F)c1. The van der Waals surface area contributed by atoms with E-state index in [0.717, 1.165) is 22.1 Å². The van der Waals surface area contributed by atoms with Crippen LogP contribution in [0.1, 0.15) is 37.4 Å². The van der Waals surface area contributed by atoms with Crippen LogP contribution < -0.4 is 14.8 Å². The summed E-state index contributed by atoms with van der Waals surface area (Å²) in [5, 5.41) is 12.0. The maximum Gasteiger partial charge on any atom is 0.416 e. The van der Waals surface area contributed by atoms with Crippen molar-refractivity contribution in [1.29, 1.82) is 0 Å². The highest BCUT2D eigenvalue weighted by atomic mass is 19.4. The third kappa shape index (κ3) is 9.53. The molecule has 11 nitrogen and oxygen atoms in total. The molecule has 14 heteroatoms. The highest BCUT2D eigenvalue weighted by molar-refractivity contribution is 5.97. The number of ether oxygens (including phenoxy) is 2. The van der Waals surface area contributed by atoms with Gasteiger partial charge in [-0.15, -0.1) is 0 Å². The first kappa shape index (κ1) is 35.7. The van der Waals surface area contributed by atoms with Gasteiger partial charge in [0.2, 0.25) is 5.91 Å². The lowest BCUT2D eigenvalue weighted by molar-refractivity contribution is -0.139. The summed E-state index contributed by atoms with van der Waals surface area (Å²) in [6, 6.07) is 21.8. The second-order valence-corrected chi connectivity index (χ2v) is 11.1. The Morgan fingerprint density at radius 3 is 2.04 bits per heavy atom. The maximum absolute atomic E-state index is 13.5. The molecule has 1 aromatic heterocycles. The number of hydrogen-bond acceptors (Lipinski definition) is 8. The molecule has 2 N–H and O–H groups in total. The fraction of sp³-hybridized carbons (Fsp3) is 0.135. The van der Waals surface area contributed by atoms with E-state index >= 15 is 0 Å². The predicted molar refractivity (Wildman–Crippen MR) is 178 cm³/mol. The van der Waals surface area contributed by atoms with E-state index in [1.165, 1.54) is 62.0 Å². The van der Waals surface area contributed by atoms with Crippen LogP contribution in [0.5, 0.6) is 11.5 Å². The van der Waals surface area contributed by atoms with Gasteiger partial charge in [-0.3, -0.25) is 14.4 Å². The van der Waals surface area contributed by atoms with Gasteiger partial charge in [-0.2, -0.15) is 13.2 Å². The van der Waals surface area contributed by atoms with E-state index in [9.17, 15) is 37.5 Å². The first-order valence-electron chi connectivity index (χ1n) is 15.2. The van der Waals surface area contributed by atoms with Gasteiger partial charge in [0.25, 0.3) is 5.91 Å². The number of carboxylic acid groups (broad SMARTS) is 1. The fourth-order valence-corrected chi connectivity index (χ4v) is 5.02. The molecular weight excluding hydrogens is 669 g/mol. The van der Waals surface area contributed by atoms with Crippen molar-refractivity contribution in [1.82, 2.24) is 14.9 Å². The molecule has 0 spiro atoms. The minimum Gasteiger partial charge on any atom is -0.497 e. The normalized spacial score (nSPS) is 11.0. The highest BCUT2D eigenvalue weighted by Gasteiger charge is 2.34. The minimum atomic E-state index is -4.70. The number of methoxy groups -OCH3 is 1. The monoisotopic (exact) mass is 698 g/mol. The summed E-state index contributed by atoms with van der Waals surface area (Å²) in [7, 11) is 1.24. The number of esters is 1. The van der Waals surface area contributed by atoms with Crippen molar-refractivity contribution >= 4 is 29.4 Å². The lowest BCUT2D eigenvalue weighted by Crippen LogP contribution is -2.35. The van der Waals surface area contributed by atoms with Crippen molar-refractivity contribution in [3.8, 4) is 22.6 Å². The van der Waals surface area contributed by atoms with E-state index in [-0.39, 0.29) is 34.9 Å². The molecule has 260 valence electrons. The molecule has 0 saturated heterocycles. The molecule has 0 aliphatic carbocycles. The van der Waals surface area contributed by atoms with Gasteiger partial charge in [0.05, 0.1) is 24.7 Å². The third-order valence-corrected chi connectivity index (χ3v) is 7.52. The van der Waals surface area contributed by atoms with E-state index in [1.54, 1.807) is 48.8 Å². The number of halogens is 3. The molecule has 5 rings (SSSR count). The molecule has 0 saturated carbocycles. The zero-order valence-electron chi connectivity index (χ0n) is 26.9. The van der Waals surface area contributed by atoms with Gasteiger partial charge in [-0.25, -0.2) is 14.8 Å². The summed E-state index contributed by atoms with van der Waals surface area (Å²) in [4.78, 5) is 59.3. The number of aliphatic carboxylic acids is 1. The number of nitrogens with zero attached hydrogens (tertiary/aromatic N) is 3. The molecular formula is C37H29F3N4O7. The highest BCUT2D eigenvalue weighted by Crippen LogP contribution is 2.35. The van der Waals surface area contributed by atoms with Crippen LogP contribution in [0.2, 0.25) is 0 Å². The standard InChI is InChI=1S/C37H29F3N4O7/c1-50-31-15-10-27(32(17-31)37(38,39)40)16-33(45)43-29-11-8-25(9-12-29)35(48)44(21-34(46)47)20-23-2-13-30(14-3-23)51-36(49)26-6-4-24(5-7-26)28-18-41-22-42-19-28/h2-15,17-19,22H,16,20-21H2,1H3,(H,43,45)(H,46,47). The van der Waals surface area contributed by atoms with Crippen LogP contribution in [0, 0.1) is 0 Å². The van der Waals surface area contributed by atoms with E-state index in [4.69, 9.17) is 9.47 Å². The molecule has 0 fully saturated rings. The molecule has 0 aliphatic heterocycles. The summed E-state index contributed by atoms with van der Waals surface area (Å²) in [5.41, 5.74) is 1.58. The Kier molecular flexibility index (Phi) is 11.0. The van der Waals surface area contributed by atoms with E-state index in [0.29, 0.717) is 11.1 Å². The number of alkyl halides is 3. The number of hydrogen-bond donors (Lipinski definition) is 2. The second kappa shape index (κ2) is 15.8. The van der Waals surface area contributed by atoms with Gasteiger partial charge in [0.15, 0.2) is 0 Å². The molecule has 5 aromatic rings. The molecule has 0 aliphatic rings. The lowest BCUT2D eigenvalue weighted by atomic mass is 10.0. The van der Waals surface area contributed by atoms with E-state index < -0.39 is 48.5 Å². The number of nitrogens with one attached hydrogen (secondary N) is 1. The van der Waals surface area contributed by atoms with E-state index in [1.807, 2.05) is 0 Å². The number of anilines is 1. The molecule has 0 bridgehead atoms. The lowest BCUT2D eigenvalue weighted by Gasteiger charge is -2.21. The van der Waals surface area contributed by atoms with Crippen LogP contribution >= 0.6 is 0 Å². The number of carbonyl (C=O) groups excluding carboxylic acids is 3. The van der Waals surface area contributed by atoms with Gasteiger partial charge in [0.1, 0.15) is 24.4 Å². The van der Waals surface area contributed by atoms with Crippen molar-refractivity contribution in [2.75, 3.05) is 19.0 Å². The molecule has 51 heavy (non-hydrogen) atoms. The van der Waals surface area contributed by atoms with Gasteiger partial charge >= 0.3 is 18.1 Å². The Bertz CT molecular complexity index is 2020. The van der Waals surface area contributed by atoms with Crippen LogP contribution in [0.15, 0.2) is 110 Å². The summed E-state index contributed by atoms with van der Waals surface area (Å²) in [6.07, 6.45) is -0.540. The van der Waals surface area contributed by atoms with Crippen LogP contribution in [-0.2, 0) is 28.7 Å². The largest absolute Gasteiger partial charge is 0.497 e. The Hall–Kier alpha value is -6.57. The molecule has 0 radical (unpaired) electrons. The predicted octanol–water partition coefficient (Wildman–Crippen LogP) is 6.30. The topological polar surface area (TPSA) is 148 Å². The van der Waals surface area contributed by atoms with Gasteiger partial charge in [-0.1, -0.05) is 30.3 Å². The second-order valence-electron chi connectivity index (χ2n) is 11.1. The third-order valence-electron chi connectivity index (χ3n) is 7.52. The van der Waals surface area contributed by atoms with Crippen LogP contribution in [0.4, 0.5) is 18.9 Å². The zero-order chi connectivity index (χ0) is 36.5. The Morgan fingerprint density at radius 2 is 1.43 bits per heavy atom. The average Bonchev–Trinajstić information content (AvgIpc) is 3.12. The minimum absolute atomic E-state index is 0.000173. The first-order chi connectivity index (χ1) is 24.4. The fourth-order valence-electron chi connectivity index (χ4n) is 5.02. The zero-order valence-corrected chi connectivity index (χ0v) is 26.9. The first-order valence-corrected chi connectivity index (χ1v) is 15.2. The summed E-state index contributed by atoms with van der Waals surface area (Å²) in [6.45, 7) is -0.714. The van der Waals surface area contributed by atoms with Gasteiger partial charge in [0, 0.05) is 35.8 Å². The number of carboxylic acids is 1. The summed E-state index contributed by atoms with van der Waals surface area (Å²) >= 11 is 0. The van der Waals surface area contributed by atoms with Crippen molar-refractivity contribution in [2.24, 2.45) is 0 Å². The maximum atomic E-state index is 13.5. The van der Waals surface area contributed by atoms with Crippen molar-refractivity contribution in [2.45, 2.75) is 19.1 Å². The van der Waals surface area contributed by atoms with Crippen LogP contribution in [0.3, 0.4) is 0 Å². The number of benzene rings is 4. The smallest absolute Gasteiger partial charge is 0.416 e.